The maximum absolute atomic E-state index is 10.6. The average Bonchev–Trinajstić information content (AvgIpc) is 2.79. The van der Waals surface area contributed by atoms with Gasteiger partial charge < -0.3 is 15.2 Å². The van der Waals surface area contributed by atoms with Crippen LogP contribution in [0.2, 0.25) is 0 Å². The second-order valence-electron chi connectivity index (χ2n) is 6.67. The summed E-state index contributed by atoms with van der Waals surface area (Å²) in [4.78, 5) is 19.0. The first kappa shape index (κ1) is 25.0. The van der Waals surface area contributed by atoms with Crippen LogP contribution in [0.15, 0.2) is 91.0 Å². The second kappa shape index (κ2) is 13.2. The SMILES string of the molecule is CC(CCSC(c1ccccc1)(c1ccccc1)c1ccccc1)N[C-]=O.O=CO.[Fm]. The Balaban J connectivity index is 0.00000113. The van der Waals surface area contributed by atoms with Crippen LogP contribution in [0.3, 0.4) is 0 Å². The fourth-order valence-electron chi connectivity index (χ4n) is 3.33. The summed E-state index contributed by atoms with van der Waals surface area (Å²) < 4.78 is -0.297. The van der Waals surface area contributed by atoms with Crippen LogP contribution in [-0.4, -0.2) is 29.8 Å². The van der Waals surface area contributed by atoms with E-state index in [4.69, 9.17) is 9.90 Å². The van der Waals surface area contributed by atoms with E-state index in [-0.39, 0.29) is 17.3 Å². The molecule has 0 spiro atoms. The number of benzene rings is 3. The van der Waals surface area contributed by atoms with Crippen LogP contribution in [0.5, 0.6) is 0 Å². The standard InChI is InChI=1S/C24H24NOS.CH2O2.Fm/c1-20(25-19-26)17-18-27-24(21-11-5-2-6-12-21,22-13-7-3-8-14-22)23-15-9-4-10-16-23;2-1-3;/h2-16,20H,17-18H2,1H3,(H,25,26);1H,(H,2,3);/q-1;;. The maximum Gasteiger partial charge on any atom is 0.290 e. The van der Waals surface area contributed by atoms with E-state index in [2.05, 4.69) is 96.3 Å². The van der Waals surface area contributed by atoms with Crippen molar-refractivity contribution < 1.29 is 14.7 Å². The molecular formula is C25H26FmNO3S-. The molecule has 6 heteroatoms. The Labute approximate surface area is 182 Å². The molecule has 1 unspecified atom stereocenters. The molecule has 0 saturated carbocycles. The Morgan fingerprint density at radius 3 is 1.58 bits per heavy atom. The number of carbonyl (C=O) groups excluding carboxylic acids is 1. The third kappa shape index (κ3) is 6.47. The van der Waals surface area contributed by atoms with E-state index in [9.17, 15) is 4.79 Å². The molecule has 0 saturated heterocycles. The minimum Gasteiger partial charge on any atom is -0.528 e. The van der Waals surface area contributed by atoms with E-state index < -0.39 is 0 Å². The van der Waals surface area contributed by atoms with Gasteiger partial charge in [0.2, 0.25) is 0 Å². The van der Waals surface area contributed by atoms with Crippen molar-refractivity contribution in [2.45, 2.75) is 24.1 Å². The molecule has 1 amide bonds. The van der Waals surface area contributed by atoms with E-state index in [1.54, 1.807) is 6.41 Å². The van der Waals surface area contributed by atoms with Gasteiger partial charge in [-0.25, -0.2) is 0 Å². The molecule has 0 bridgehead atoms. The van der Waals surface area contributed by atoms with Gasteiger partial charge in [0.15, 0.2) is 0 Å². The molecule has 0 aliphatic rings. The van der Waals surface area contributed by atoms with Gasteiger partial charge in [-0.2, -0.15) is 6.41 Å². The molecule has 0 heterocycles. The number of nitrogens with one attached hydrogen (secondary N) is 1. The summed E-state index contributed by atoms with van der Waals surface area (Å²) in [5.74, 6) is 0.911. The first-order chi connectivity index (χ1) is 14.7. The first-order valence-electron chi connectivity index (χ1n) is 9.70. The van der Waals surface area contributed by atoms with Crippen LogP contribution < -0.4 is 5.32 Å². The molecule has 3 aromatic rings. The molecule has 0 aliphatic carbocycles. The van der Waals surface area contributed by atoms with E-state index in [0.29, 0.717) is 0 Å². The van der Waals surface area contributed by atoms with Crippen LogP contribution in [0.1, 0.15) is 30.0 Å². The molecule has 0 aliphatic heterocycles. The van der Waals surface area contributed by atoms with Gasteiger partial charge in [-0.1, -0.05) is 91.0 Å². The third-order valence-electron chi connectivity index (χ3n) is 4.72. The van der Waals surface area contributed by atoms with Crippen LogP contribution >= 0.6 is 11.8 Å². The van der Waals surface area contributed by atoms with Gasteiger partial charge in [-0.05, 0) is 41.8 Å². The Bertz CT molecular complexity index is 782. The molecule has 3 rings (SSSR count). The van der Waals surface area contributed by atoms with E-state index >= 15 is 0 Å². The average molecular weight is 678 g/mol. The molecule has 3 aromatic carbocycles. The van der Waals surface area contributed by atoms with Gasteiger partial charge in [0.05, 0.1) is 4.75 Å². The smallest absolute Gasteiger partial charge is 0.290 e. The molecule has 168 valence electrons. The van der Waals surface area contributed by atoms with E-state index in [1.807, 2.05) is 18.7 Å². The van der Waals surface area contributed by atoms with Crippen molar-refractivity contribution in [1.29, 1.82) is 0 Å². The molecule has 2 N–H and O–H groups in total. The first-order valence-corrected chi connectivity index (χ1v) is 10.7. The monoisotopic (exact) mass is 677 g/mol. The van der Waals surface area contributed by atoms with Gasteiger partial charge in [0.1, 0.15) is 0 Å². The minimum atomic E-state index is -0.297. The number of hydrogen-bond acceptors (Lipinski definition) is 3. The Morgan fingerprint density at radius 1 is 0.903 bits per heavy atom. The van der Waals surface area contributed by atoms with Crippen molar-refractivity contribution in [2.75, 3.05) is 5.75 Å². The Morgan fingerprint density at radius 2 is 1.26 bits per heavy atom. The zero-order valence-electron chi connectivity index (χ0n) is 17.2. The van der Waals surface area contributed by atoms with Gasteiger partial charge >= 0.3 is 0 Å². The normalized spacial score (nSPS) is 11.1. The number of carboxylic acid groups (broad SMARTS) is 1. The van der Waals surface area contributed by atoms with Gasteiger partial charge in [0.25, 0.3) is 6.47 Å². The molecule has 0 radical (unpaired) electrons. The fraction of sp³-hybridized carbons (Fsp3) is 0.200. The van der Waals surface area contributed by atoms with Crippen molar-refractivity contribution >= 4 is 24.6 Å². The fourth-order valence-corrected chi connectivity index (χ4v) is 5.02. The largest absolute Gasteiger partial charge is 0.528 e. The van der Waals surface area contributed by atoms with Crippen molar-refractivity contribution in [3.8, 4) is 0 Å². The van der Waals surface area contributed by atoms with Crippen molar-refractivity contribution in [3.05, 3.63) is 108 Å². The van der Waals surface area contributed by atoms with E-state index in [1.165, 1.54) is 16.7 Å². The zero-order valence-corrected chi connectivity index (χ0v) is 20.4. The number of rotatable bonds is 9. The van der Waals surface area contributed by atoms with Crippen molar-refractivity contribution in [3.63, 3.8) is 0 Å². The minimum absolute atomic E-state index is 0. The molecule has 4 nitrogen and oxygen atoms in total. The second-order valence-corrected chi connectivity index (χ2v) is 7.98. The Hall–Kier alpha value is -4.05. The van der Waals surface area contributed by atoms with Gasteiger partial charge in [-0.15, -0.1) is 11.8 Å². The number of thioether (sulfide) groups is 1. The third-order valence-corrected chi connectivity index (χ3v) is 6.30. The summed E-state index contributed by atoms with van der Waals surface area (Å²) in [6, 6.07) is 32.1. The molecule has 1 atom stereocenters. The van der Waals surface area contributed by atoms with E-state index in [0.717, 1.165) is 12.2 Å². The summed E-state index contributed by atoms with van der Waals surface area (Å²) in [6.45, 7) is 1.76. The number of amides is 1. The predicted octanol–water partition coefficient (Wildman–Crippen LogP) is 4.85. The number of hydrogen-bond donors (Lipinski definition) is 2. The van der Waals surface area contributed by atoms with Crippen LogP contribution in [0.4, 0.5) is 0 Å². The molecule has 0 fully saturated rings. The summed E-state index contributed by atoms with van der Waals surface area (Å²) in [6.07, 6.45) is 2.68. The summed E-state index contributed by atoms with van der Waals surface area (Å²) in [7, 11) is 0. The zero-order chi connectivity index (χ0) is 21.7. The quantitative estimate of drug-likeness (QED) is 0.147. The van der Waals surface area contributed by atoms with Gasteiger partial charge in [-0.3, -0.25) is 4.79 Å². The molecule has 0 aromatic heterocycles. The molecule has 31 heavy (non-hydrogen) atoms. The van der Waals surface area contributed by atoms with Crippen LogP contribution in [-0.2, 0) is 14.3 Å². The van der Waals surface area contributed by atoms with Crippen molar-refractivity contribution in [1.82, 2.24) is 5.32 Å². The van der Waals surface area contributed by atoms with Crippen LogP contribution in [0, 0.1) is 0 Å². The summed E-state index contributed by atoms with van der Waals surface area (Å²) in [5, 5.41) is 9.62. The summed E-state index contributed by atoms with van der Waals surface area (Å²) in [5.41, 5.74) is 3.78. The maximum atomic E-state index is 10.6. The molecular weight excluding hydrogens is 651 g/mol. The van der Waals surface area contributed by atoms with Gasteiger partial charge in [0, 0.05) is 0 Å². The Kier molecular flexibility index (Phi) is 10.7. The van der Waals surface area contributed by atoms with Crippen LogP contribution in [0.25, 0.3) is 0 Å². The topological polar surface area (TPSA) is 66.4 Å². The summed E-state index contributed by atoms with van der Waals surface area (Å²) >= 11 is 1.91. The van der Waals surface area contributed by atoms with Crippen molar-refractivity contribution in [2.24, 2.45) is 0 Å². The number of carbonyl (C=O) groups is 1. The predicted molar refractivity (Wildman–Crippen MR) is 123 cm³/mol.